The molecule has 1 saturated heterocycles. The van der Waals surface area contributed by atoms with Crippen LogP contribution in [0.5, 0.6) is 0 Å². The maximum atomic E-state index is 12.3. The van der Waals surface area contributed by atoms with Crippen molar-refractivity contribution in [2.24, 2.45) is 0 Å². The molecule has 2 aliphatic rings. The van der Waals surface area contributed by atoms with Crippen molar-refractivity contribution in [2.75, 3.05) is 0 Å². The molecular formula is C14H12N2O5. The Kier molecular flexibility index (Phi) is 2.86. The van der Waals surface area contributed by atoms with Crippen LogP contribution in [-0.2, 0) is 15.0 Å². The molecule has 1 aromatic rings. The highest BCUT2D eigenvalue weighted by Gasteiger charge is 2.48. The predicted molar refractivity (Wildman–Crippen MR) is 70.7 cm³/mol. The highest BCUT2D eigenvalue weighted by atomic mass is 16.6. The smallest absolute Gasteiger partial charge is 0.270 e. The van der Waals surface area contributed by atoms with Crippen LogP contribution in [0, 0.1) is 10.1 Å². The molecule has 21 heavy (non-hydrogen) atoms. The molecule has 1 aromatic carbocycles. The van der Waals surface area contributed by atoms with Crippen molar-refractivity contribution >= 4 is 23.3 Å². The van der Waals surface area contributed by atoms with Gasteiger partial charge in [0.2, 0.25) is 11.8 Å². The van der Waals surface area contributed by atoms with Crippen molar-refractivity contribution in [1.82, 2.24) is 5.32 Å². The van der Waals surface area contributed by atoms with Gasteiger partial charge in [-0.2, -0.15) is 0 Å². The Morgan fingerprint density at radius 1 is 1.14 bits per heavy atom. The van der Waals surface area contributed by atoms with E-state index in [2.05, 4.69) is 5.32 Å². The van der Waals surface area contributed by atoms with E-state index in [9.17, 15) is 24.5 Å². The summed E-state index contributed by atoms with van der Waals surface area (Å²) in [5.74, 6) is -0.948. The van der Waals surface area contributed by atoms with Crippen LogP contribution < -0.4 is 5.32 Å². The number of nitro benzene ring substituents is 1. The van der Waals surface area contributed by atoms with Crippen LogP contribution in [0.15, 0.2) is 18.2 Å². The van der Waals surface area contributed by atoms with Gasteiger partial charge in [-0.05, 0) is 18.4 Å². The van der Waals surface area contributed by atoms with Gasteiger partial charge < -0.3 is 0 Å². The molecule has 1 spiro atoms. The average molecular weight is 288 g/mol. The normalized spacial score (nSPS) is 24.7. The highest BCUT2D eigenvalue weighted by molar-refractivity contribution is 6.08. The summed E-state index contributed by atoms with van der Waals surface area (Å²) in [7, 11) is 0. The number of amides is 2. The lowest BCUT2D eigenvalue weighted by molar-refractivity contribution is -0.384. The number of Topliss-reactive ketones (excluding diaryl/α,β-unsaturated/α-hetero) is 1. The number of carbonyl (C=O) groups excluding carboxylic acids is 3. The molecule has 108 valence electrons. The van der Waals surface area contributed by atoms with Gasteiger partial charge in [0.1, 0.15) is 0 Å². The minimum atomic E-state index is -0.924. The highest BCUT2D eigenvalue weighted by Crippen LogP contribution is 2.43. The molecule has 7 heteroatoms. The number of carbonyl (C=O) groups is 3. The summed E-state index contributed by atoms with van der Waals surface area (Å²) >= 11 is 0. The SMILES string of the molecule is O=C1CCC2(CCC(=O)c3cc([N+](=O)[O-])ccc32)C(=O)N1. The standard InChI is InChI=1S/C14H12N2O5/c17-11-3-5-14(6-4-12(18)15-13(14)19)10-2-1-8(16(20)21)7-9(10)11/h1-2,7H,3-6H2,(H,15,18,19). The van der Waals surface area contributed by atoms with Gasteiger partial charge in [0.15, 0.2) is 5.78 Å². The van der Waals surface area contributed by atoms with E-state index >= 15 is 0 Å². The second kappa shape index (κ2) is 4.47. The van der Waals surface area contributed by atoms with Gasteiger partial charge >= 0.3 is 0 Å². The number of nitrogens with one attached hydrogen (secondary N) is 1. The van der Waals surface area contributed by atoms with Crippen LogP contribution in [0.3, 0.4) is 0 Å². The van der Waals surface area contributed by atoms with E-state index in [1.165, 1.54) is 18.2 Å². The van der Waals surface area contributed by atoms with Crippen molar-refractivity contribution in [1.29, 1.82) is 0 Å². The molecule has 1 heterocycles. The van der Waals surface area contributed by atoms with Gasteiger partial charge in [-0.15, -0.1) is 0 Å². The Bertz CT molecular complexity index is 697. The van der Waals surface area contributed by atoms with Crippen LogP contribution in [0.1, 0.15) is 41.6 Å². The zero-order valence-electron chi connectivity index (χ0n) is 11.0. The molecule has 2 amide bonds. The first kappa shape index (κ1) is 13.4. The lowest BCUT2D eigenvalue weighted by Gasteiger charge is -2.39. The first-order valence-corrected chi connectivity index (χ1v) is 6.60. The number of benzene rings is 1. The van der Waals surface area contributed by atoms with Crippen molar-refractivity contribution in [3.8, 4) is 0 Å². The van der Waals surface area contributed by atoms with Crippen LogP contribution in [-0.4, -0.2) is 22.5 Å². The summed E-state index contributed by atoms with van der Waals surface area (Å²) in [5.41, 5.74) is -0.382. The third-order valence-electron chi connectivity index (χ3n) is 4.28. The predicted octanol–water partition coefficient (Wildman–Crippen LogP) is 1.25. The van der Waals surface area contributed by atoms with Crippen LogP contribution in [0.4, 0.5) is 5.69 Å². The van der Waals surface area contributed by atoms with Crippen molar-refractivity contribution < 1.29 is 19.3 Å². The number of hydrogen-bond acceptors (Lipinski definition) is 5. The number of fused-ring (bicyclic) bond motifs is 2. The zero-order chi connectivity index (χ0) is 15.2. The minimum Gasteiger partial charge on any atom is -0.296 e. The molecule has 7 nitrogen and oxygen atoms in total. The monoisotopic (exact) mass is 288 g/mol. The average Bonchev–Trinajstić information content (AvgIpc) is 2.46. The quantitative estimate of drug-likeness (QED) is 0.475. The first-order chi connectivity index (χ1) is 9.94. The van der Waals surface area contributed by atoms with Gasteiger partial charge in [-0.1, -0.05) is 6.07 Å². The molecule has 0 radical (unpaired) electrons. The molecule has 1 fully saturated rings. The number of non-ortho nitro benzene ring substituents is 1. The Labute approximate surface area is 119 Å². The Balaban J connectivity index is 2.15. The van der Waals surface area contributed by atoms with Crippen molar-refractivity contribution in [2.45, 2.75) is 31.1 Å². The van der Waals surface area contributed by atoms with Gasteiger partial charge in [0.25, 0.3) is 5.69 Å². The lowest BCUT2D eigenvalue weighted by atomic mass is 9.65. The molecule has 1 aliphatic carbocycles. The minimum absolute atomic E-state index is 0.149. The van der Waals surface area contributed by atoms with Gasteiger partial charge in [-0.25, -0.2) is 0 Å². The molecule has 1 aliphatic heterocycles. The van der Waals surface area contributed by atoms with E-state index in [0.29, 0.717) is 18.4 Å². The molecule has 1 unspecified atom stereocenters. The second-order valence-corrected chi connectivity index (χ2v) is 5.37. The molecule has 0 bridgehead atoms. The maximum absolute atomic E-state index is 12.3. The second-order valence-electron chi connectivity index (χ2n) is 5.37. The summed E-state index contributed by atoms with van der Waals surface area (Å²) in [6.07, 6.45) is 1.01. The molecule has 0 saturated carbocycles. The van der Waals surface area contributed by atoms with Crippen molar-refractivity contribution in [3.05, 3.63) is 39.4 Å². The van der Waals surface area contributed by atoms with E-state index < -0.39 is 16.2 Å². The van der Waals surface area contributed by atoms with Gasteiger partial charge in [0.05, 0.1) is 10.3 Å². The van der Waals surface area contributed by atoms with E-state index in [4.69, 9.17) is 0 Å². The Hall–Kier alpha value is -2.57. The fourth-order valence-electron chi connectivity index (χ4n) is 3.13. The Morgan fingerprint density at radius 3 is 2.52 bits per heavy atom. The summed E-state index contributed by atoms with van der Waals surface area (Å²) in [5, 5.41) is 13.1. The summed E-state index contributed by atoms with van der Waals surface area (Å²) in [6.45, 7) is 0. The molecule has 1 atom stereocenters. The third kappa shape index (κ3) is 1.93. The number of rotatable bonds is 1. The van der Waals surface area contributed by atoms with Gasteiger partial charge in [-0.3, -0.25) is 29.8 Å². The molecule has 3 rings (SSSR count). The Morgan fingerprint density at radius 2 is 1.86 bits per heavy atom. The van der Waals surface area contributed by atoms with Gasteiger partial charge in [0, 0.05) is 30.5 Å². The molecular weight excluding hydrogens is 276 g/mol. The number of piperidine rings is 1. The number of imide groups is 1. The number of hydrogen-bond donors (Lipinski definition) is 1. The third-order valence-corrected chi connectivity index (χ3v) is 4.28. The maximum Gasteiger partial charge on any atom is 0.270 e. The number of nitro groups is 1. The lowest BCUT2D eigenvalue weighted by Crippen LogP contribution is -2.53. The van der Waals surface area contributed by atoms with Crippen LogP contribution >= 0.6 is 0 Å². The molecule has 0 aromatic heterocycles. The van der Waals surface area contributed by atoms with E-state index in [1.54, 1.807) is 0 Å². The number of nitrogens with zero attached hydrogens (tertiary/aromatic N) is 1. The van der Waals surface area contributed by atoms with E-state index in [1.807, 2.05) is 0 Å². The zero-order valence-corrected chi connectivity index (χ0v) is 11.0. The van der Waals surface area contributed by atoms with E-state index in [0.717, 1.165) is 0 Å². The van der Waals surface area contributed by atoms with E-state index in [-0.39, 0.29) is 35.8 Å². The largest absolute Gasteiger partial charge is 0.296 e. The topological polar surface area (TPSA) is 106 Å². The summed E-state index contributed by atoms with van der Waals surface area (Å²) in [6, 6.07) is 3.99. The van der Waals surface area contributed by atoms with Crippen LogP contribution in [0.2, 0.25) is 0 Å². The number of ketones is 1. The molecule has 1 N–H and O–H groups in total. The fourth-order valence-corrected chi connectivity index (χ4v) is 3.13. The van der Waals surface area contributed by atoms with Crippen molar-refractivity contribution in [3.63, 3.8) is 0 Å². The summed E-state index contributed by atoms with van der Waals surface area (Å²) < 4.78 is 0. The van der Waals surface area contributed by atoms with Crippen LogP contribution in [0.25, 0.3) is 0 Å². The first-order valence-electron chi connectivity index (χ1n) is 6.60. The fraction of sp³-hybridized carbons (Fsp3) is 0.357. The summed E-state index contributed by atoms with van der Waals surface area (Å²) in [4.78, 5) is 45.9.